The van der Waals surface area contributed by atoms with Crippen molar-refractivity contribution in [3.8, 4) is 0 Å². The van der Waals surface area contributed by atoms with Gasteiger partial charge < -0.3 is 4.57 Å². The van der Waals surface area contributed by atoms with Crippen molar-refractivity contribution in [1.82, 2.24) is 4.57 Å². The quantitative estimate of drug-likeness (QED) is 0.695. The van der Waals surface area contributed by atoms with Crippen molar-refractivity contribution in [1.29, 1.82) is 0 Å². The molecule has 0 fully saturated rings. The van der Waals surface area contributed by atoms with Gasteiger partial charge in [0.25, 0.3) is 0 Å². The topological polar surface area (TPSA) is 4.93 Å². The Bertz CT molecular complexity index is 569. The second-order valence-electron chi connectivity index (χ2n) is 5.10. The summed E-state index contributed by atoms with van der Waals surface area (Å²) in [5.74, 6) is 0. The molecule has 0 aliphatic rings. The number of para-hydroxylation sites is 1. The zero-order valence-corrected chi connectivity index (χ0v) is 13.5. The Labute approximate surface area is 125 Å². The Morgan fingerprint density at radius 3 is 2.74 bits per heavy atom. The van der Waals surface area contributed by atoms with Crippen LogP contribution in [0.3, 0.4) is 0 Å². The molecule has 19 heavy (non-hydrogen) atoms. The summed E-state index contributed by atoms with van der Waals surface area (Å²) in [7, 11) is 0. The molecule has 0 saturated carbocycles. The second-order valence-corrected chi connectivity index (χ2v) is 6.75. The lowest BCUT2D eigenvalue weighted by Gasteiger charge is -2.08. The Balaban J connectivity index is 2.21. The highest BCUT2D eigenvalue weighted by atomic mass is 32.2. The third-order valence-corrected chi connectivity index (χ3v) is 4.80. The minimum Gasteiger partial charge on any atom is -0.345 e. The van der Waals surface area contributed by atoms with Crippen LogP contribution in [-0.4, -0.2) is 15.0 Å². The van der Waals surface area contributed by atoms with Crippen LogP contribution in [0.1, 0.15) is 38.3 Å². The summed E-state index contributed by atoms with van der Waals surface area (Å²) in [6.45, 7) is 4.47. The SMILES string of the molecule is CSC(=S)CCCc1cn(C(C)C)c2ccccc12. The van der Waals surface area contributed by atoms with Gasteiger partial charge in [0.05, 0.1) is 0 Å². The second kappa shape index (κ2) is 6.58. The third kappa shape index (κ3) is 3.40. The van der Waals surface area contributed by atoms with Crippen LogP contribution in [0.5, 0.6) is 0 Å². The number of fused-ring (bicyclic) bond motifs is 1. The number of benzene rings is 1. The normalized spacial score (nSPS) is 11.4. The van der Waals surface area contributed by atoms with E-state index in [4.69, 9.17) is 12.2 Å². The minimum absolute atomic E-state index is 0.505. The molecule has 2 rings (SSSR count). The van der Waals surface area contributed by atoms with Crippen molar-refractivity contribution in [3.63, 3.8) is 0 Å². The van der Waals surface area contributed by atoms with E-state index < -0.39 is 0 Å². The zero-order valence-electron chi connectivity index (χ0n) is 11.8. The highest BCUT2D eigenvalue weighted by Gasteiger charge is 2.09. The average Bonchev–Trinajstić information content (AvgIpc) is 2.78. The van der Waals surface area contributed by atoms with Crippen molar-refractivity contribution in [2.75, 3.05) is 6.26 Å². The van der Waals surface area contributed by atoms with Crippen LogP contribution in [-0.2, 0) is 6.42 Å². The molecule has 0 atom stereocenters. The molecule has 0 saturated heterocycles. The molecule has 2 aromatic rings. The predicted molar refractivity (Wildman–Crippen MR) is 91.4 cm³/mol. The van der Waals surface area contributed by atoms with Gasteiger partial charge in [-0.2, -0.15) is 0 Å². The van der Waals surface area contributed by atoms with E-state index in [0.29, 0.717) is 6.04 Å². The first-order valence-corrected chi connectivity index (χ1v) is 8.42. The summed E-state index contributed by atoms with van der Waals surface area (Å²) in [5.41, 5.74) is 2.80. The highest BCUT2D eigenvalue weighted by Crippen LogP contribution is 2.26. The number of nitrogens with zero attached hydrogens (tertiary/aromatic N) is 1. The summed E-state index contributed by atoms with van der Waals surface area (Å²) < 4.78 is 3.49. The number of rotatable bonds is 5. The molecule has 0 unspecified atom stereocenters. The van der Waals surface area contributed by atoms with Crippen LogP contribution in [0.2, 0.25) is 0 Å². The molecular formula is C16H21NS2. The average molecular weight is 291 g/mol. The van der Waals surface area contributed by atoms with E-state index in [1.807, 2.05) is 0 Å². The van der Waals surface area contributed by atoms with E-state index in [-0.39, 0.29) is 0 Å². The van der Waals surface area contributed by atoms with Crippen molar-refractivity contribution in [3.05, 3.63) is 36.0 Å². The number of aryl methyl sites for hydroxylation is 1. The first kappa shape index (κ1) is 14.6. The smallest absolute Gasteiger partial charge is 0.0485 e. The van der Waals surface area contributed by atoms with Gasteiger partial charge in [-0.3, -0.25) is 0 Å². The van der Waals surface area contributed by atoms with Crippen LogP contribution in [0.25, 0.3) is 10.9 Å². The number of hydrogen-bond donors (Lipinski definition) is 0. The van der Waals surface area contributed by atoms with E-state index in [9.17, 15) is 0 Å². The summed E-state index contributed by atoms with van der Waals surface area (Å²) in [6.07, 6.45) is 7.68. The molecule has 0 N–H and O–H groups in total. The van der Waals surface area contributed by atoms with Crippen LogP contribution in [0.15, 0.2) is 30.5 Å². The van der Waals surface area contributed by atoms with Gasteiger partial charge in [0, 0.05) is 27.3 Å². The number of thioether (sulfide) groups is 1. The summed E-state index contributed by atoms with van der Waals surface area (Å²) in [6, 6.07) is 9.20. The summed E-state index contributed by atoms with van der Waals surface area (Å²) >= 11 is 6.97. The molecule has 1 heterocycles. The van der Waals surface area contributed by atoms with E-state index in [1.54, 1.807) is 11.8 Å². The van der Waals surface area contributed by atoms with E-state index in [0.717, 1.165) is 23.5 Å². The Morgan fingerprint density at radius 1 is 1.32 bits per heavy atom. The van der Waals surface area contributed by atoms with Crippen LogP contribution < -0.4 is 0 Å². The van der Waals surface area contributed by atoms with E-state index in [2.05, 4.69) is 55.1 Å². The number of hydrogen-bond acceptors (Lipinski definition) is 2. The fraction of sp³-hybridized carbons (Fsp3) is 0.438. The van der Waals surface area contributed by atoms with Gasteiger partial charge in [0.1, 0.15) is 0 Å². The fourth-order valence-corrected chi connectivity index (χ4v) is 2.92. The standard InChI is InChI=1S/C16H21NS2/c1-12(2)17-11-13(7-6-10-16(18)19-3)14-8-4-5-9-15(14)17/h4-5,8-9,11-12H,6-7,10H2,1-3H3. The maximum Gasteiger partial charge on any atom is 0.0485 e. The van der Waals surface area contributed by atoms with Gasteiger partial charge >= 0.3 is 0 Å². The molecule has 0 spiro atoms. The number of aromatic nitrogens is 1. The maximum atomic E-state index is 5.27. The Hall–Kier alpha value is -0.800. The molecule has 0 aliphatic carbocycles. The Kier molecular flexibility index (Phi) is 5.06. The van der Waals surface area contributed by atoms with Gasteiger partial charge in [-0.15, -0.1) is 11.8 Å². The van der Waals surface area contributed by atoms with Crippen LogP contribution in [0, 0.1) is 0 Å². The van der Waals surface area contributed by atoms with Gasteiger partial charge in [-0.05, 0) is 51.0 Å². The van der Waals surface area contributed by atoms with Crippen molar-refractivity contribution in [2.45, 2.75) is 39.2 Å². The molecule has 0 amide bonds. The first-order chi connectivity index (χ1) is 9.13. The Morgan fingerprint density at radius 2 is 2.05 bits per heavy atom. The van der Waals surface area contributed by atoms with Crippen molar-refractivity contribution >= 4 is 39.1 Å². The molecular weight excluding hydrogens is 270 g/mol. The molecule has 1 aromatic heterocycles. The van der Waals surface area contributed by atoms with Crippen LogP contribution in [0.4, 0.5) is 0 Å². The van der Waals surface area contributed by atoms with Gasteiger partial charge in [0.15, 0.2) is 0 Å². The fourth-order valence-electron chi connectivity index (χ4n) is 2.43. The minimum atomic E-state index is 0.505. The summed E-state index contributed by atoms with van der Waals surface area (Å²) in [5, 5.41) is 1.39. The van der Waals surface area contributed by atoms with E-state index in [1.165, 1.54) is 16.5 Å². The molecule has 0 radical (unpaired) electrons. The molecule has 3 heteroatoms. The van der Waals surface area contributed by atoms with Gasteiger partial charge in [-0.25, -0.2) is 0 Å². The highest BCUT2D eigenvalue weighted by molar-refractivity contribution is 8.22. The lowest BCUT2D eigenvalue weighted by molar-refractivity contribution is 0.620. The predicted octanol–water partition coefficient (Wildman–Crippen LogP) is 5.24. The zero-order chi connectivity index (χ0) is 13.8. The molecule has 0 aliphatic heterocycles. The van der Waals surface area contributed by atoms with Gasteiger partial charge in [0.2, 0.25) is 0 Å². The summed E-state index contributed by atoms with van der Waals surface area (Å²) in [4.78, 5) is 0. The lowest BCUT2D eigenvalue weighted by atomic mass is 10.1. The lowest BCUT2D eigenvalue weighted by Crippen LogP contribution is -1.97. The maximum absolute atomic E-state index is 5.27. The first-order valence-electron chi connectivity index (χ1n) is 6.78. The monoisotopic (exact) mass is 291 g/mol. The molecule has 0 bridgehead atoms. The van der Waals surface area contributed by atoms with Crippen molar-refractivity contribution in [2.24, 2.45) is 0 Å². The molecule has 1 aromatic carbocycles. The molecule has 102 valence electrons. The van der Waals surface area contributed by atoms with E-state index >= 15 is 0 Å². The largest absolute Gasteiger partial charge is 0.345 e. The number of thiocarbonyl (C=S) groups is 1. The third-order valence-electron chi connectivity index (χ3n) is 3.43. The van der Waals surface area contributed by atoms with Crippen molar-refractivity contribution < 1.29 is 0 Å². The molecule has 1 nitrogen and oxygen atoms in total. The van der Waals surface area contributed by atoms with Crippen LogP contribution >= 0.6 is 24.0 Å². The van der Waals surface area contributed by atoms with Gasteiger partial charge in [-0.1, -0.05) is 30.4 Å².